The van der Waals surface area contributed by atoms with Crippen LogP contribution in [0.3, 0.4) is 0 Å². The standard InChI is InChI=1S/C22H37N7O6S/c1-12(2)8-16(20(32)27-15(22(34)35)6-7-36-3)29-21(33)17(9-13-10-25-11-26-13)28-19(31)14(23)4-5-18(24)30/h10-12,14-17H,4-9,23H2,1-3H3,(H2,24,30)(H,25,26)(H,27,32)(H,28,31)(H,29,33)(H,34,35). The van der Waals surface area contributed by atoms with Crippen LogP contribution in [0.4, 0.5) is 0 Å². The molecule has 4 unspecified atom stereocenters. The molecule has 0 saturated carbocycles. The number of hydrogen-bond acceptors (Lipinski definition) is 8. The van der Waals surface area contributed by atoms with E-state index in [1.54, 1.807) is 0 Å². The van der Waals surface area contributed by atoms with Crippen LogP contribution in [-0.4, -0.2) is 80.8 Å². The number of hydrogen-bond donors (Lipinski definition) is 7. The third-order valence-electron chi connectivity index (χ3n) is 5.22. The minimum absolute atomic E-state index is 0.00149. The quantitative estimate of drug-likeness (QED) is 0.130. The van der Waals surface area contributed by atoms with Gasteiger partial charge in [-0.2, -0.15) is 11.8 Å². The molecule has 13 nitrogen and oxygen atoms in total. The number of thioether (sulfide) groups is 1. The molecule has 36 heavy (non-hydrogen) atoms. The van der Waals surface area contributed by atoms with E-state index in [1.807, 2.05) is 20.1 Å². The molecule has 1 aromatic heterocycles. The fourth-order valence-electron chi connectivity index (χ4n) is 3.27. The first-order chi connectivity index (χ1) is 16.9. The highest BCUT2D eigenvalue weighted by Gasteiger charge is 2.31. The van der Waals surface area contributed by atoms with Crippen LogP contribution < -0.4 is 27.4 Å². The lowest BCUT2D eigenvalue weighted by molar-refractivity contribution is -0.142. The van der Waals surface area contributed by atoms with Gasteiger partial charge >= 0.3 is 5.97 Å². The zero-order valence-corrected chi connectivity index (χ0v) is 21.6. The maximum Gasteiger partial charge on any atom is 0.326 e. The molecular weight excluding hydrogens is 490 g/mol. The van der Waals surface area contributed by atoms with Gasteiger partial charge in [-0.25, -0.2) is 9.78 Å². The molecular formula is C22H37N7O6S. The third kappa shape index (κ3) is 11.5. The zero-order valence-electron chi connectivity index (χ0n) is 20.8. The Labute approximate surface area is 214 Å². The van der Waals surface area contributed by atoms with Gasteiger partial charge in [-0.1, -0.05) is 13.8 Å². The molecule has 1 aromatic rings. The SMILES string of the molecule is CSCCC(NC(=O)C(CC(C)C)NC(=O)C(Cc1cnc[nH]1)NC(=O)C(N)CCC(N)=O)C(=O)O. The van der Waals surface area contributed by atoms with Crippen LogP contribution in [0.15, 0.2) is 12.5 Å². The number of carboxylic acid groups (broad SMARTS) is 1. The molecule has 0 aliphatic rings. The second-order valence-corrected chi connectivity index (χ2v) is 9.81. The number of nitrogens with two attached hydrogens (primary N) is 2. The van der Waals surface area contributed by atoms with Crippen molar-refractivity contribution in [3.63, 3.8) is 0 Å². The number of aliphatic carboxylic acids is 1. The maximum absolute atomic E-state index is 13.2. The van der Waals surface area contributed by atoms with Gasteiger partial charge < -0.3 is 37.5 Å². The molecule has 4 atom stereocenters. The van der Waals surface area contributed by atoms with Gasteiger partial charge in [-0.15, -0.1) is 0 Å². The topological polar surface area (TPSA) is 222 Å². The van der Waals surface area contributed by atoms with E-state index >= 15 is 0 Å². The van der Waals surface area contributed by atoms with E-state index in [4.69, 9.17) is 11.5 Å². The van der Waals surface area contributed by atoms with Crippen LogP contribution in [0, 0.1) is 5.92 Å². The first-order valence-electron chi connectivity index (χ1n) is 11.6. The molecule has 0 spiro atoms. The van der Waals surface area contributed by atoms with E-state index in [9.17, 15) is 29.1 Å². The van der Waals surface area contributed by atoms with Crippen molar-refractivity contribution in [1.29, 1.82) is 0 Å². The first-order valence-corrected chi connectivity index (χ1v) is 13.0. The summed E-state index contributed by atoms with van der Waals surface area (Å²) in [7, 11) is 0. The lowest BCUT2D eigenvalue weighted by Gasteiger charge is -2.26. The average Bonchev–Trinajstić information content (AvgIpc) is 3.31. The van der Waals surface area contributed by atoms with Crippen molar-refractivity contribution >= 4 is 41.4 Å². The molecule has 0 saturated heterocycles. The highest BCUT2D eigenvalue weighted by molar-refractivity contribution is 7.98. The van der Waals surface area contributed by atoms with Crippen LogP contribution >= 0.6 is 11.8 Å². The number of carboxylic acids is 1. The van der Waals surface area contributed by atoms with E-state index in [0.29, 0.717) is 11.4 Å². The summed E-state index contributed by atoms with van der Waals surface area (Å²) in [4.78, 5) is 68.1. The van der Waals surface area contributed by atoms with E-state index in [0.717, 1.165) is 0 Å². The molecule has 0 radical (unpaired) electrons. The number of primary amides is 1. The summed E-state index contributed by atoms with van der Waals surface area (Å²) in [5.74, 6) is -3.19. The third-order valence-corrected chi connectivity index (χ3v) is 5.86. The van der Waals surface area contributed by atoms with E-state index in [1.165, 1.54) is 24.3 Å². The maximum atomic E-state index is 13.2. The van der Waals surface area contributed by atoms with Crippen molar-refractivity contribution in [2.45, 2.75) is 70.1 Å². The van der Waals surface area contributed by atoms with Crippen LogP contribution in [0.1, 0.15) is 45.2 Å². The molecule has 0 aliphatic carbocycles. The molecule has 202 valence electrons. The van der Waals surface area contributed by atoms with Crippen LogP contribution in [0.25, 0.3) is 0 Å². The van der Waals surface area contributed by atoms with E-state index in [-0.39, 0.29) is 38.0 Å². The van der Waals surface area contributed by atoms with Crippen molar-refractivity contribution in [2.75, 3.05) is 12.0 Å². The monoisotopic (exact) mass is 527 g/mol. The van der Waals surface area contributed by atoms with Crippen molar-refractivity contribution in [1.82, 2.24) is 25.9 Å². The summed E-state index contributed by atoms with van der Waals surface area (Å²) >= 11 is 1.45. The molecule has 1 rings (SSSR count). The Balaban J connectivity index is 3.02. The molecule has 14 heteroatoms. The number of rotatable bonds is 17. The second kappa shape index (κ2) is 15.8. The van der Waals surface area contributed by atoms with Gasteiger partial charge in [0.05, 0.1) is 12.4 Å². The number of H-pyrrole nitrogens is 1. The van der Waals surface area contributed by atoms with Gasteiger partial charge in [-0.05, 0) is 37.2 Å². The number of imidazole rings is 1. The number of nitrogens with one attached hydrogen (secondary N) is 4. The molecule has 9 N–H and O–H groups in total. The van der Waals surface area contributed by atoms with Gasteiger partial charge in [0.1, 0.15) is 18.1 Å². The Hall–Kier alpha value is -3.13. The Bertz CT molecular complexity index is 880. The van der Waals surface area contributed by atoms with E-state index in [2.05, 4.69) is 25.9 Å². The number of carbonyl (C=O) groups excluding carboxylic acids is 4. The van der Waals surface area contributed by atoms with Gasteiger partial charge in [0.15, 0.2) is 0 Å². The van der Waals surface area contributed by atoms with Crippen LogP contribution in [0.2, 0.25) is 0 Å². The summed E-state index contributed by atoms with van der Waals surface area (Å²) in [6, 6.07) is -4.32. The molecule has 0 aliphatic heterocycles. The minimum atomic E-state index is -1.17. The number of amides is 4. The Kier molecular flexibility index (Phi) is 13.5. The molecule has 0 fully saturated rings. The Morgan fingerprint density at radius 1 is 1.03 bits per heavy atom. The molecule has 0 aromatic carbocycles. The predicted octanol–water partition coefficient (Wildman–Crippen LogP) is -1.12. The molecule has 1 heterocycles. The van der Waals surface area contributed by atoms with E-state index < -0.39 is 53.8 Å². The second-order valence-electron chi connectivity index (χ2n) is 8.83. The van der Waals surface area contributed by atoms with Crippen LogP contribution in [0.5, 0.6) is 0 Å². The smallest absolute Gasteiger partial charge is 0.326 e. The lowest BCUT2D eigenvalue weighted by atomic mass is 10.0. The number of carbonyl (C=O) groups is 5. The molecule has 0 bridgehead atoms. The first kappa shape index (κ1) is 30.9. The summed E-state index contributed by atoms with van der Waals surface area (Å²) in [5, 5.41) is 17.1. The predicted molar refractivity (Wildman–Crippen MR) is 135 cm³/mol. The lowest BCUT2D eigenvalue weighted by Crippen LogP contribution is -2.58. The summed E-state index contributed by atoms with van der Waals surface area (Å²) in [5.41, 5.74) is 11.5. The van der Waals surface area contributed by atoms with Crippen molar-refractivity contribution in [3.8, 4) is 0 Å². The van der Waals surface area contributed by atoms with Gasteiger partial charge in [0, 0.05) is 24.7 Å². The van der Waals surface area contributed by atoms with Crippen molar-refractivity contribution < 1.29 is 29.1 Å². The fourth-order valence-corrected chi connectivity index (χ4v) is 3.75. The number of nitrogens with zero attached hydrogens (tertiary/aromatic N) is 1. The summed E-state index contributed by atoms with van der Waals surface area (Å²) in [6.45, 7) is 3.72. The van der Waals surface area contributed by atoms with Crippen LogP contribution in [-0.2, 0) is 30.4 Å². The van der Waals surface area contributed by atoms with Gasteiger partial charge in [0.2, 0.25) is 23.6 Å². The highest BCUT2D eigenvalue weighted by Crippen LogP contribution is 2.09. The van der Waals surface area contributed by atoms with Crippen molar-refractivity contribution in [2.24, 2.45) is 17.4 Å². The highest BCUT2D eigenvalue weighted by atomic mass is 32.2. The Morgan fingerprint density at radius 2 is 1.64 bits per heavy atom. The summed E-state index contributed by atoms with van der Waals surface area (Å²) in [6.07, 6.45) is 5.15. The number of aromatic nitrogens is 2. The normalized spacial score (nSPS) is 14.4. The minimum Gasteiger partial charge on any atom is -0.480 e. The number of aromatic amines is 1. The average molecular weight is 528 g/mol. The zero-order chi connectivity index (χ0) is 27.3. The fraction of sp³-hybridized carbons (Fsp3) is 0.636. The van der Waals surface area contributed by atoms with Gasteiger partial charge in [0.25, 0.3) is 0 Å². The Morgan fingerprint density at radius 3 is 2.17 bits per heavy atom. The van der Waals surface area contributed by atoms with Gasteiger partial charge in [-0.3, -0.25) is 19.2 Å². The summed E-state index contributed by atoms with van der Waals surface area (Å²) < 4.78 is 0. The molecule has 4 amide bonds. The van der Waals surface area contributed by atoms with Crippen molar-refractivity contribution in [3.05, 3.63) is 18.2 Å². The largest absolute Gasteiger partial charge is 0.480 e.